The Morgan fingerprint density at radius 1 is 1.08 bits per heavy atom. The van der Waals surface area contributed by atoms with Crippen molar-refractivity contribution in [2.24, 2.45) is 5.92 Å². The van der Waals surface area contributed by atoms with Crippen LogP contribution in [0.2, 0.25) is 0 Å². The first kappa shape index (κ1) is 21.7. The molecule has 26 heavy (non-hydrogen) atoms. The molecular formula is C21H25F3O2. The van der Waals surface area contributed by atoms with Crippen molar-refractivity contribution < 1.29 is 22.7 Å². The average molecular weight is 366 g/mol. The first-order valence-corrected chi connectivity index (χ1v) is 8.60. The van der Waals surface area contributed by atoms with E-state index in [2.05, 4.69) is 13.2 Å². The maximum absolute atomic E-state index is 13.3. The molecule has 0 aromatic carbocycles. The van der Waals surface area contributed by atoms with E-state index in [9.17, 15) is 18.0 Å². The number of halogens is 3. The van der Waals surface area contributed by atoms with Gasteiger partial charge < -0.3 is 4.74 Å². The second-order valence-electron chi connectivity index (χ2n) is 6.19. The topological polar surface area (TPSA) is 26.3 Å². The molecule has 0 aliphatic heterocycles. The van der Waals surface area contributed by atoms with Gasteiger partial charge in [-0.2, -0.15) is 0 Å². The Morgan fingerprint density at radius 2 is 1.69 bits per heavy atom. The number of esters is 1. The molecule has 0 spiro atoms. The Bertz CT molecular complexity index is 675. The van der Waals surface area contributed by atoms with E-state index in [1.807, 2.05) is 19.1 Å². The van der Waals surface area contributed by atoms with Crippen LogP contribution in [0.1, 0.15) is 46.0 Å². The summed E-state index contributed by atoms with van der Waals surface area (Å²) in [4.78, 5) is 12.0. The summed E-state index contributed by atoms with van der Waals surface area (Å²) in [6, 6.07) is 0. The van der Waals surface area contributed by atoms with E-state index in [1.165, 1.54) is 26.2 Å². The molecule has 1 aliphatic rings. The van der Waals surface area contributed by atoms with Crippen LogP contribution in [0.3, 0.4) is 0 Å². The Morgan fingerprint density at radius 3 is 2.23 bits per heavy atom. The molecule has 1 rings (SSSR count). The molecule has 142 valence electrons. The van der Waals surface area contributed by atoms with Crippen LogP contribution in [0.15, 0.2) is 71.8 Å². The lowest BCUT2D eigenvalue weighted by Gasteiger charge is -2.22. The van der Waals surface area contributed by atoms with Crippen molar-refractivity contribution in [3.63, 3.8) is 0 Å². The predicted molar refractivity (Wildman–Crippen MR) is 98.0 cm³/mol. The number of carbonyl (C=O) groups is 1. The lowest BCUT2D eigenvalue weighted by molar-refractivity contribution is -0.134. The quantitative estimate of drug-likeness (QED) is 0.217. The number of ether oxygens (including phenoxy) is 1. The van der Waals surface area contributed by atoms with Crippen LogP contribution < -0.4 is 0 Å². The van der Waals surface area contributed by atoms with Gasteiger partial charge in [0.15, 0.2) is 17.5 Å². The fourth-order valence-corrected chi connectivity index (χ4v) is 2.78. The third-order valence-electron chi connectivity index (χ3n) is 4.18. The molecule has 0 atom stereocenters. The molecule has 0 aromatic heterocycles. The van der Waals surface area contributed by atoms with Crippen molar-refractivity contribution in [1.29, 1.82) is 0 Å². The average Bonchev–Trinajstić information content (AvgIpc) is 2.61. The lowest BCUT2D eigenvalue weighted by Crippen LogP contribution is -2.08. The van der Waals surface area contributed by atoms with Gasteiger partial charge in [-0.1, -0.05) is 44.6 Å². The van der Waals surface area contributed by atoms with Gasteiger partial charge >= 0.3 is 5.97 Å². The highest BCUT2D eigenvalue weighted by Gasteiger charge is 2.16. The van der Waals surface area contributed by atoms with Gasteiger partial charge in [-0.15, -0.1) is 0 Å². The normalized spacial score (nSPS) is 17.9. The summed E-state index contributed by atoms with van der Waals surface area (Å²) in [5, 5.41) is 0. The molecule has 0 unspecified atom stereocenters. The van der Waals surface area contributed by atoms with Crippen molar-refractivity contribution in [3.05, 3.63) is 71.8 Å². The van der Waals surface area contributed by atoms with Gasteiger partial charge in [-0.25, -0.2) is 18.0 Å². The molecule has 2 nitrogen and oxygen atoms in total. The smallest absolute Gasteiger partial charge is 0.342 e. The van der Waals surface area contributed by atoms with Crippen LogP contribution in [-0.4, -0.2) is 5.97 Å². The maximum atomic E-state index is 13.3. The van der Waals surface area contributed by atoms with Crippen LogP contribution >= 0.6 is 0 Å². The number of carbonyl (C=O) groups excluding carboxylic acids is 1. The van der Waals surface area contributed by atoms with E-state index in [0.717, 1.165) is 18.4 Å². The minimum atomic E-state index is -1.73. The van der Waals surface area contributed by atoms with Crippen molar-refractivity contribution >= 4 is 5.97 Å². The second kappa shape index (κ2) is 10.6. The molecule has 1 aliphatic carbocycles. The van der Waals surface area contributed by atoms with Crippen LogP contribution in [0.5, 0.6) is 0 Å². The third-order valence-corrected chi connectivity index (χ3v) is 4.18. The predicted octanol–water partition coefficient (Wildman–Crippen LogP) is 6.71. The Hall–Kier alpha value is -2.30. The van der Waals surface area contributed by atoms with Gasteiger partial charge in [-0.05, 0) is 44.3 Å². The first-order valence-electron chi connectivity index (χ1n) is 8.60. The highest BCUT2D eigenvalue weighted by molar-refractivity contribution is 5.91. The molecule has 0 heterocycles. The molecule has 1 fully saturated rings. The monoisotopic (exact) mass is 366 g/mol. The van der Waals surface area contributed by atoms with Gasteiger partial charge in [0, 0.05) is 6.08 Å². The Kier molecular flexibility index (Phi) is 8.90. The highest BCUT2D eigenvalue weighted by Crippen LogP contribution is 2.30. The lowest BCUT2D eigenvalue weighted by atomic mass is 9.83. The second-order valence-corrected chi connectivity index (χ2v) is 6.19. The van der Waals surface area contributed by atoms with Crippen molar-refractivity contribution in [3.8, 4) is 0 Å². The zero-order chi connectivity index (χ0) is 19.7. The standard InChI is InChI=1S/C21H25F3O2/c1-5-17(18-9-7-6-8-10-18)12-11-14(2)21(25)26-15(3)13-19(23)20(24)16(4)22/h5,11-13,18H,2,4,6-10H2,1,3H3/b12-11-,15-13+,17-5+,20-19-. The summed E-state index contributed by atoms with van der Waals surface area (Å²) in [7, 11) is 0. The number of hydrogen-bond donors (Lipinski definition) is 0. The third kappa shape index (κ3) is 6.90. The van der Waals surface area contributed by atoms with E-state index in [1.54, 1.807) is 6.08 Å². The fraction of sp³-hybridized carbons (Fsp3) is 0.381. The summed E-state index contributed by atoms with van der Waals surface area (Å²) >= 11 is 0. The van der Waals surface area contributed by atoms with Crippen LogP contribution in [-0.2, 0) is 9.53 Å². The largest absolute Gasteiger partial charge is 0.428 e. The Labute approximate surface area is 153 Å². The number of hydrogen-bond acceptors (Lipinski definition) is 2. The summed E-state index contributed by atoms with van der Waals surface area (Å²) in [6.07, 6.45) is 11.9. The number of rotatable bonds is 7. The number of allylic oxidation sites excluding steroid dienone is 8. The van der Waals surface area contributed by atoms with E-state index in [0.29, 0.717) is 12.0 Å². The molecule has 0 bridgehead atoms. The fourth-order valence-electron chi connectivity index (χ4n) is 2.78. The highest BCUT2D eigenvalue weighted by atomic mass is 19.2. The van der Waals surface area contributed by atoms with Gasteiger partial charge in [-0.3, -0.25) is 0 Å². The first-order chi connectivity index (χ1) is 12.3. The van der Waals surface area contributed by atoms with E-state index in [4.69, 9.17) is 4.74 Å². The van der Waals surface area contributed by atoms with E-state index in [-0.39, 0.29) is 11.3 Å². The summed E-state index contributed by atoms with van der Waals surface area (Å²) in [5.74, 6) is -5.31. The minimum absolute atomic E-state index is 0.0765. The van der Waals surface area contributed by atoms with Crippen LogP contribution in [0.25, 0.3) is 0 Å². The molecule has 5 heteroatoms. The molecule has 0 aromatic rings. The molecule has 1 saturated carbocycles. The van der Waals surface area contributed by atoms with Crippen LogP contribution in [0, 0.1) is 5.92 Å². The summed E-state index contributed by atoms with van der Waals surface area (Å²) < 4.78 is 43.8. The van der Waals surface area contributed by atoms with Crippen molar-refractivity contribution in [2.75, 3.05) is 0 Å². The molecular weight excluding hydrogens is 341 g/mol. The zero-order valence-electron chi connectivity index (χ0n) is 15.3. The van der Waals surface area contributed by atoms with Crippen molar-refractivity contribution in [2.45, 2.75) is 46.0 Å². The van der Waals surface area contributed by atoms with Gasteiger partial charge in [0.2, 0.25) is 0 Å². The molecule has 0 N–H and O–H groups in total. The van der Waals surface area contributed by atoms with Gasteiger partial charge in [0.05, 0.1) is 5.57 Å². The molecule has 0 amide bonds. The zero-order valence-corrected chi connectivity index (χ0v) is 15.3. The van der Waals surface area contributed by atoms with Gasteiger partial charge in [0.25, 0.3) is 0 Å². The maximum Gasteiger partial charge on any atom is 0.342 e. The van der Waals surface area contributed by atoms with E-state index < -0.39 is 23.4 Å². The molecule has 0 radical (unpaired) electrons. The molecule has 0 saturated heterocycles. The van der Waals surface area contributed by atoms with E-state index >= 15 is 0 Å². The Balaban J connectivity index is 2.70. The van der Waals surface area contributed by atoms with Crippen molar-refractivity contribution in [1.82, 2.24) is 0 Å². The minimum Gasteiger partial charge on any atom is -0.428 e. The van der Waals surface area contributed by atoms with Gasteiger partial charge in [0.1, 0.15) is 5.76 Å². The van der Waals surface area contributed by atoms with Crippen LogP contribution in [0.4, 0.5) is 13.2 Å². The SMILES string of the molecule is C=C(/C=C\C(=C/C)C1CCCCC1)C(=O)O/C(C)=C/C(F)=C(/F)C(=C)F. The summed E-state index contributed by atoms with van der Waals surface area (Å²) in [6.45, 7) is 9.49. The summed E-state index contributed by atoms with van der Waals surface area (Å²) in [5.41, 5.74) is 1.22.